The molecule has 26 heavy (non-hydrogen) atoms. The molecule has 0 bridgehead atoms. The first kappa shape index (κ1) is 14.8. The van der Waals surface area contributed by atoms with Gasteiger partial charge in [-0.2, -0.15) is 0 Å². The van der Waals surface area contributed by atoms with Gasteiger partial charge in [-0.25, -0.2) is 14.4 Å². The molecule has 3 nitrogen and oxygen atoms in total. The first-order valence-electron chi connectivity index (χ1n) is 8.39. The van der Waals surface area contributed by atoms with E-state index >= 15 is 0 Å². The van der Waals surface area contributed by atoms with Crippen LogP contribution in [0.25, 0.3) is 39.3 Å². The third kappa shape index (κ3) is 2.35. The number of rotatable bonds is 2. The van der Waals surface area contributed by atoms with Crippen LogP contribution in [0.5, 0.6) is 0 Å². The second-order valence-corrected chi connectivity index (χ2v) is 6.14. The van der Waals surface area contributed by atoms with E-state index in [1.807, 2.05) is 48.5 Å². The average molecular weight is 339 g/mol. The van der Waals surface area contributed by atoms with Crippen molar-refractivity contribution in [2.75, 3.05) is 0 Å². The summed E-state index contributed by atoms with van der Waals surface area (Å²) < 4.78 is 15.4. The first-order valence-corrected chi connectivity index (χ1v) is 8.39. The van der Waals surface area contributed by atoms with Gasteiger partial charge in [0.1, 0.15) is 5.82 Å². The fraction of sp³-hybridized carbons (Fsp3) is 0. The van der Waals surface area contributed by atoms with Crippen molar-refractivity contribution in [2.24, 2.45) is 0 Å². The van der Waals surface area contributed by atoms with Gasteiger partial charge in [0.05, 0.1) is 22.4 Å². The Morgan fingerprint density at radius 2 is 1.42 bits per heavy atom. The minimum atomic E-state index is -0.260. The normalized spacial score (nSPS) is 11.3. The highest BCUT2D eigenvalue weighted by molar-refractivity contribution is 5.84. The number of hydrogen-bond donors (Lipinski definition) is 0. The lowest BCUT2D eigenvalue weighted by molar-refractivity contribution is 0.628. The summed E-state index contributed by atoms with van der Waals surface area (Å²) >= 11 is 0. The second kappa shape index (κ2) is 5.77. The molecular formula is C22H14FN3. The topological polar surface area (TPSA) is 30.2 Å². The number of imidazole rings is 1. The second-order valence-electron chi connectivity index (χ2n) is 6.14. The molecule has 5 aromatic rings. The predicted octanol–water partition coefficient (Wildman–Crippen LogP) is 5.36. The van der Waals surface area contributed by atoms with E-state index in [1.165, 1.54) is 12.1 Å². The molecule has 4 heteroatoms. The summed E-state index contributed by atoms with van der Waals surface area (Å²) in [5.74, 6) is 0.372. The van der Waals surface area contributed by atoms with Crippen molar-refractivity contribution in [1.82, 2.24) is 14.4 Å². The number of halogens is 1. The van der Waals surface area contributed by atoms with E-state index in [4.69, 9.17) is 4.98 Å². The lowest BCUT2D eigenvalue weighted by Crippen LogP contribution is -1.97. The Kier molecular flexibility index (Phi) is 3.28. The molecular weight excluding hydrogens is 325 g/mol. The molecule has 0 saturated heterocycles. The van der Waals surface area contributed by atoms with Gasteiger partial charge < -0.3 is 0 Å². The van der Waals surface area contributed by atoms with E-state index in [-0.39, 0.29) is 5.82 Å². The zero-order valence-electron chi connectivity index (χ0n) is 13.8. The average Bonchev–Trinajstić information content (AvgIpc) is 3.07. The van der Waals surface area contributed by atoms with E-state index in [2.05, 4.69) is 21.5 Å². The SMILES string of the molecule is Fc1ccc(-c2cc(-c3ccccc3)n3c(n2)nc2ccccc23)cc1. The largest absolute Gasteiger partial charge is 0.276 e. The molecule has 0 saturated carbocycles. The van der Waals surface area contributed by atoms with Crippen LogP contribution in [0.3, 0.4) is 0 Å². The highest BCUT2D eigenvalue weighted by atomic mass is 19.1. The molecule has 0 radical (unpaired) electrons. The summed E-state index contributed by atoms with van der Waals surface area (Å²) in [5, 5.41) is 0. The highest BCUT2D eigenvalue weighted by Gasteiger charge is 2.13. The molecule has 0 amide bonds. The van der Waals surface area contributed by atoms with E-state index in [1.54, 1.807) is 12.1 Å². The van der Waals surface area contributed by atoms with Crippen molar-refractivity contribution < 1.29 is 4.39 Å². The van der Waals surface area contributed by atoms with Crippen LogP contribution in [0.4, 0.5) is 4.39 Å². The van der Waals surface area contributed by atoms with E-state index in [0.29, 0.717) is 5.78 Å². The molecule has 2 aromatic heterocycles. The van der Waals surface area contributed by atoms with Crippen molar-refractivity contribution >= 4 is 16.8 Å². The van der Waals surface area contributed by atoms with Gasteiger partial charge in [0.25, 0.3) is 0 Å². The number of hydrogen-bond acceptors (Lipinski definition) is 2. The van der Waals surface area contributed by atoms with Crippen LogP contribution in [0.15, 0.2) is 84.9 Å². The van der Waals surface area contributed by atoms with Crippen molar-refractivity contribution in [1.29, 1.82) is 0 Å². The van der Waals surface area contributed by atoms with Gasteiger partial charge in [0.2, 0.25) is 5.78 Å². The maximum atomic E-state index is 13.3. The van der Waals surface area contributed by atoms with Gasteiger partial charge >= 0.3 is 0 Å². The zero-order valence-corrected chi connectivity index (χ0v) is 13.8. The van der Waals surface area contributed by atoms with Crippen molar-refractivity contribution in [2.45, 2.75) is 0 Å². The Morgan fingerprint density at radius 3 is 2.23 bits per heavy atom. The number of benzene rings is 3. The van der Waals surface area contributed by atoms with Gasteiger partial charge in [-0.1, -0.05) is 42.5 Å². The number of para-hydroxylation sites is 2. The van der Waals surface area contributed by atoms with Crippen molar-refractivity contribution in [3.8, 4) is 22.5 Å². The van der Waals surface area contributed by atoms with Crippen LogP contribution in [-0.4, -0.2) is 14.4 Å². The highest BCUT2D eigenvalue weighted by Crippen LogP contribution is 2.29. The third-order valence-corrected chi connectivity index (χ3v) is 4.49. The Bertz CT molecular complexity index is 1230. The van der Waals surface area contributed by atoms with Crippen LogP contribution in [0.2, 0.25) is 0 Å². The van der Waals surface area contributed by atoms with Gasteiger partial charge in [-0.3, -0.25) is 4.40 Å². The molecule has 0 aliphatic heterocycles. The fourth-order valence-corrected chi connectivity index (χ4v) is 3.25. The molecule has 0 spiro atoms. The molecule has 124 valence electrons. The standard InChI is InChI=1S/C22H14FN3/c23-17-12-10-15(11-13-17)19-14-21(16-6-2-1-3-7-16)26-20-9-5-4-8-18(20)24-22(26)25-19/h1-14H. The maximum absolute atomic E-state index is 13.3. The van der Waals surface area contributed by atoms with E-state index in [0.717, 1.165) is 33.5 Å². The number of aromatic nitrogens is 3. The minimum Gasteiger partial charge on any atom is -0.276 e. The molecule has 0 atom stereocenters. The quantitative estimate of drug-likeness (QED) is 0.434. The van der Waals surface area contributed by atoms with Gasteiger partial charge in [0.15, 0.2) is 0 Å². The summed E-state index contributed by atoms with van der Waals surface area (Å²) in [6.07, 6.45) is 0. The third-order valence-electron chi connectivity index (χ3n) is 4.49. The molecule has 3 aromatic carbocycles. The summed E-state index contributed by atoms with van der Waals surface area (Å²) in [4.78, 5) is 9.41. The minimum absolute atomic E-state index is 0.260. The van der Waals surface area contributed by atoms with Crippen LogP contribution in [0.1, 0.15) is 0 Å². The molecule has 2 heterocycles. The first-order chi connectivity index (χ1) is 12.8. The summed E-state index contributed by atoms with van der Waals surface area (Å²) in [6, 6.07) is 26.6. The number of fused-ring (bicyclic) bond motifs is 3. The Hall–Kier alpha value is -3.53. The van der Waals surface area contributed by atoms with Gasteiger partial charge in [-0.15, -0.1) is 0 Å². The maximum Gasteiger partial charge on any atom is 0.235 e. The summed E-state index contributed by atoms with van der Waals surface area (Å²) in [6.45, 7) is 0. The van der Waals surface area contributed by atoms with E-state index < -0.39 is 0 Å². The Labute approximate surface area is 149 Å². The van der Waals surface area contributed by atoms with Crippen molar-refractivity contribution in [3.63, 3.8) is 0 Å². The summed E-state index contributed by atoms with van der Waals surface area (Å²) in [5.41, 5.74) is 5.62. The summed E-state index contributed by atoms with van der Waals surface area (Å²) in [7, 11) is 0. The van der Waals surface area contributed by atoms with E-state index in [9.17, 15) is 4.39 Å². The fourth-order valence-electron chi connectivity index (χ4n) is 3.25. The van der Waals surface area contributed by atoms with Crippen LogP contribution in [0, 0.1) is 5.82 Å². The lowest BCUT2D eigenvalue weighted by Gasteiger charge is -2.10. The number of nitrogens with zero attached hydrogens (tertiary/aromatic N) is 3. The Morgan fingerprint density at radius 1 is 0.692 bits per heavy atom. The molecule has 0 unspecified atom stereocenters. The zero-order chi connectivity index (χ0) is 17.5. The monoisotopic (exact) mass is 339 g/mol. The lowest BCUT2D eigenvalue weighted by atomic mass is 10.1. The predicted molar refractivity (Wildman–Crippen MR) is 101 cm³/mol. The molecule has 0 fully saturated rings. The van der Waals surface area contributed by atoms with Gasteiger partial charge in [-0.05, 0) is 48.0 Å². The molecule has 0 N–H and O–H groups in total. The van der Waals surface area contributed by atoms with Gasteiger partial charge in [0, 0.05) is 5.56 Å². The van der Waals surface area contributed by atoms with Crippen LogP contribution in [-0.2, 0) is 0 Å². The molecule has 0 aliphatic rings. The Balaban J connectivity index is 1.87. The molecule has 0 aliphatic carbocycles. The van der Waals surface area contributed by atoms with Crippen LogP contribution >= 0.6 is 0 Å². The van der Waals surface area contributed by atoms with Crippen LogP contribution < -0.4 is 0 Å². The van der Waals surface area contributed by atoms with Crippen molar-refractivity contribution in [3.05, 3.63) is 90.7 Å². The molecule has 5 rings (SSSR count). The smallest absolute Gasteiger partial charge is 0.235 e.